The lowest BCUT2D eigenvalue weighted by molar-refractivity contribution is 0.415. The molecule has 1 aromatic carbocycles. The van der Waals surface area contributed by atoms with Crippen LogP contribution in [0, 0.1) is 0 Å². The number of fused-ring (bicyclic) bond motifs is 1. The Kier molecular flexibility index (Phi) is 1.25. The first kappa shape index (κ1) is 6.57. The first-order chi connectivity index (χ1) is 5.93. The highest BCUT2D eigenvalue weighted by Gasteiger charge is 2.28. The molecule has 1 saturated heterocycles. The molecule has 0 N–H and O–H groups in total. The second-order valence-corrected chi connectivity index (χ2v) is 3.90. The van der Waals surface area contributed by atoms with Crippen molar-refractivity contribution in [2.75, 3.05) is 6.61 Å². The van der Waals surface area contributed by atoms with Crippen LogP contribution in [0.1, 0.15) is 11.1 Å². The number of para-hydroxylation sites is 1. The van der Waals surface area contributed by atoms with Gasteiger partial charge in [-0.3, -0.25) is 0 Å². The third-order valence-electron chi connectivity index (χ3n) is 1.92. The minimum Gasteiger partial charge on any atom is -0.365 e. The number of hydrogen-bond acceptors (Lipinski definition) is 3. The first-order valence-corrected chi connectivity index (χ1v) is 4.72. The summed E-state index contributed by atoms with van der Waals surface area (Å²) < 4.78 is 6.42. The molecule has 0 bridgehead atoms. The third-order valence-corrected chi connectivity index (χ3v) is 3.05. The number of nitrogens with zero attached hydrogens (tertiary/aromatic N) is 1. The van der Waals surface area contributed by atoms with E-state index < -0.39 is 0 Å². The summed E-state index contributed by atoms with van der Waals surface area (Å²) in [6.45, 7) is 0.847. The number of benzene rings is 1. The Morgan fingerprint density at radius 2 is 2.25 bits per heavy atom. The van der Waals surface area contributed by atoms with E-state index in [-0.39, 0.29) is 0 Å². The van der Waals surface area contributed by atoms with E-state index >= 15 is 0 Å². The van der Waals surface area contributed by atoms with Gasteiger partial charge in [-0.1, -0.05) is 12.1 Å². The molecular weight excluding hydrogens is 170 g/mol. The molecule has 3 rings (SSSR count). The maximum atomic E-state index is 5.17. The van der Waals surface area contributed by atoms with Crippen molar-refractivity contribution in [2.45, 2.75) is 6.10 Å². The molecule has 0 radical (unpaired) electrons. The van der Waals surface area contributed by atoms with Gasteiger partial charge in [-0.05, 0) is 12.1 Å². The van der Waals surface area contributed by atoms with Gasteiger partial charge in [0.25, 0.3) is 0 Å². The van der Waals surface area contributed by atoms with Crippen LogP contribution in [0.15, 0.2) is 24.3 Å². The van der Waals surface area contributed by atoms with Gasteiger partial charge >= 0.3 is 0 Å². The lowest BCUT2D eigenvalue weighted by Crippen LogP contribution is -1.74. The predicted molar refractivity (Wildman–Crippen MR) is 48.3 cm³/mol. The standard InChI is InChI=1S/C9H7NOS/c1-2-4-8-6(3-1)10-9(12-8)7-5-11-7/h1-4,7H,5H2/t7-/m1/s1. The highest BCUT2D eigenvalue weighted by molar-refractivity contribution is 7.18. The Morgan fingerprint density at radius 1 is 1.42 bits per heavy atom. The average molecular weight is 177 g/mol. The average Bonchev–Trinajstić information content (AvgIpc) is 2.85. The summed E-state index contributed by atoms with van der Waals surface area (Å²) in [5.74, 6) is 0. The number of ether oxygens (including phenoxy) is 1. The SMILES string of the molecule is c1ccc2sc([C@H]3CO3)nc2c1. The fourth-order valence-corrected chi connectivity index (χ4v) is 2.22. The Hall–Kier alpha value is -0.930. The first-order valence-electron chi connectivity index (χ1n) is 3.90. The van der Waals surface area contributed by atoms with E-state index in [2.05, 4.69) is 11.1 Å². The molecule has 0 spiro atoms. The van der Waals surface area contributed by atoms with Gasteiger partial charge in [-0.2, -0.15) is 0 Å². The predicted octanol–water partition coefficient (Wildman–Crippen LogP) is 2.37. The largest absolute Gasteiger partial charge is 0.365 e. The van der Waals surface area contributed by atoms with Gasteiger partial charge < -0.3 is 4.74 Å². The van der Waals surface area contributed by atoms with Gasteiger partial charge in [-0.15, -0.1) is 11.3 Å². The van der Waals surface area contributed by atoms with Crippen LogP contribution in [0.3, 0.4) is 0 Å². The number of epoxide rings is 1. The molecule has 60 valence electrons. The van der Waals surface area contributed by atoms with Crippen LogP contribution >= 0.6 is 11.3 Å². The van der Waals surface area contributed by atoms with Gasteiger partial charge in [0.05, 0.1) is 16.8 Å². The summed E-state index contributed by atoms with van der Waals surface area (Å²) in [5, 5.41) is 1.12. The van der Waals surface area contributed by atoms with Crippen LogP contribution in [-0.2, 0) is 4.74 Å². The molecule has 0 saturated carbocycles. The van der Waals surface area contributed by atoms with Gasteiger partial charge in [0, 0.05) is 0 Å². The van der Waals surface area contributed by atoms with Crippen molar-refractivity contribution in [3.05, 3.63) is 29.3 Å². The maximum absolute atomic E-state index is 5.17. The summed E-state index contributed by atoms with van der Waals surface area (Å²) >= 11 is 1.73. The summed E-state index contributed by atoms with van der Waals surface area (Å²) in [7, 11) is 0. The molecule has 2 aromatic rings. The van der Waals surface area contributed by atoms with Crippen molar-refractivity contribution in [1.82, 2.24) is 4.98 Å². The van der Waals surface area contributed by atoms with Crippen LogP contribution in [-0.4, -0.2) is 11.6 Å². The number of hydrogen-bond donors (Lipinski definition) is 0. The zero-order valence-corrected chi connectivity index (χ0v) is 7.17. The molecule has 2 nitrogen and oxygen atoms in total. The minimum absolute atomic E-state index is 0.294. The molecule has 2 heterocycles. The van der Waals surface area contributed by atoms with E-state index in [1.54, 1.807) is 11.3 Å². The highest BCUT2D eigenvalue weighted by atomic mass is 32.1. The van der Waals surface area contributed by atoms with Gasteiger partial charge in [0.1, 0.15) is 11.1 Å². The van der Waals surface area contributed by atoms with E-state index in [9.17, 15) is 0 Å². The van der Waals surface area contributed by atoms with E-state index in [0.717, 1.165) is 17.1 Å². The van der Waals surface area contributed by atoms with Crippen LogP contribution in [0.25, 0.3) is 10.2 Å². The quantitative estimate of drug-likeness (QED) is 0.625. The molecule has 12 heavy (non-hydrogen) atoms. The zero-order chi connectivity index (χ0) is 7.97. The minimum atomic E-state index is 0.294. The Labute approximate surface area is 73.8 Å². The summed E-state index contributed by atoms with van der Waals surface area (Å²) in [4.78, 5) is 4.47. The fraction of sp³-hybridized carbons (Fsp3) is 0.222. The topological polar surface area (TPSA) is 25.4 Å². The fourth-order valence-electron chi connectivity index (χ4n) is 1.22. The van der Waals surface area contributed by atoms with E-state index in [0.29, 0.717) is 6.10 Å². The zero-order valence-electron chi connectivity index (χ0n) is 6.36. The van der Waals surface area contributed by atoms with Gasteiger partial charge in [0.15, 0.2) is 0 Å². The number of rotatable bonds is 1. The van der Waals surface area contributed by atoms with Crippen molar-refractivity contribution in [2.24, 2.45) is 0 Å². The molecule has 1 atom stereocenters. The maximum Gasteiger partial charge on any atom is 0.132 e. The van der Waals surface area contributed by atoms with E-state index in [4.69, 9.17) is 4.74 Å². The number of thiazole rings is 1. The Balaban J connectivity index is 2.23. The molecule has 0 amide bonds. The smallest absolute Gasteiger partial charge is 0.132 e. The summed E-state index contributed by atoms with van der Waals surface area (Å²) in [5.41, 5.74) is 1.09. The molecule has 1 fully saturated rings. The second-order valence-electron chi connectivity index (χ2n) is 2.84. The molecule has 1 aromatic heterocycles. The molecular formula is C9H7NOS. The monoisotopic (exact) mass is 177 g/mol. The second kappa shape index (κ2) is 2.28. The lowest BCUT2D eigenvalue weighted by Gasteiger charge is -1.80. The normalized spacial score (nSPS) is 21.5. The van der Waals surface area contributed by atoms with E-state index in [1.165, 1.54) is 4.70 Å². The molecule has 0 unspecified atom stereocenters. The Bertz CT molecular complexity index is 386. The van der Waals surface area contributed by atoms with Crippen molar-refractivity contribution in [1.29, 1.82) is 0 Å². The summed E-state index contributed by atoms with van der Waals surface area (Å²) in [6.07, 6.45) is 0.294. The van der Waals surface area contributed by atoms with Crippen molar-refractivity contribution in [3.8, 4) is 0 Å². The van der Waals surface area contributed by atoms with Crippen LogP contribution in [0.4, 0.5) is 0 Å². The van der Waals surface area contributed by atoms with Crippen LogP contribution in [0.5, 0.6) is 0 Å². The van der Waals surface area contributed by atoms with Gasteiger partial charge in [0.2, 0.25) is 0 Å². The van der Waals surface area contributed by atoms with Crippen LogP contribution < -0.4 is 0 Å². The number of aromatic nitrogens is 1. The summed E-state index contributed by atoms with van der Waals surface area (Å²) in [6, 6.07) is 8.19. The van der Waals surface area contributed by atoms with Crippen LogP contribution in [0.2, 0.25) is 0 Å². The molecule has 0 aliphatic carbocycles. The van der Waals surface area contributed by atoms with Crippen molar-refractivity contribution < 1.29 is 4.74 Å². The lowest BCUT2D eigenvalue weighted by atomic mass is 10.3. The van der Waals surface area contributed by atoms with E-state index in [1.807, 2.05) is 18.2 Å². The molecule has 3 heteroatoms. The van der Waals surface area contributed by atoms with Crippen molar-refractivity contribution >= 4 is 21.6 Å². The van der Waals surface area contributed by atoms with Gasteiger partial charge in [-0.25, -0.2) is 4.98 Å². The molecule has 1 aliphatic heterocycles. The highest BCUT2D eigenvalue weighted by Crippen LogP contribution is 2.35. The Morgan fingerprint density at radius 3 is 3.00 bits per heavy atom. The molecule has 1 aliphatic rings. The van der Waals surface area contributed by atoms with Crippen molar-refractivity contribution in [3.63, 3.8) is 0 Å². The third kappa shape index (κ3) is 0.940.